The van der Waals surface area contributed by atoms with E-state index in [9.17, 15) is 0 Å². The van der Waals surface area contributed by atoms with Gasteiger partial charge in [-0.2, -0.15) is 0 Å². The first-order valence-corrected chi connectivity index (χ1v) is 0. The van der Waals surface area contributed by atoms with E-state index in [1.807, 2.05) is 0 Å². The van der Waals surface area contributed by atoms with Crippen molar-refractivity contribution >= 4 is 68.5 Å². The van der Waals surface area contributed by atoms with Gasteiger partial charge in [0.25, 0.3) is 0 Å². The molecule has 0 unspecified atom stereocenters. The maximum Gasteiger partial charge on any atom is 2.00 e. The van der Waals surface area contributed by atoms with E-state index in [0.29, 0.717) is 0 Å². The molecule has 0 bridgehead atoms. The Bertz CT molecular complexity index is 6.00. The van der Waals surface area contributed by atoms with E-state index in [1.54, 1.807) is 0 Å². The van der Waals surface area contributed by atoms with Crippen LogP contribution in [0.15, 0.2) is 0 Å². The third kappa shape index (κ3) is 8.90. The Hall–Kier alpha value is 2.17. The third-order valence-electron chi connectivity index (χ3n) is 0. The molecule has 4 heteroatoms. The van der Waals surface area contributed by atoms with Gasteiger partial charge < -0.3 is 11.0 Å². The molecule has 16 valence electrons. The van der Waals surface area contributed by atoms with Gasteiger partial charge >= 0.3 is 68.5 Å². The maximum atomic E-state index is 0. The van der Waals surface area contributed by atoms with Gasteiger partial charge in [-0.15, -0.1) is 0 Å². The van der Waals surface area contributed by atoms with Crippen molar-refractivity contribution in [3.63, 3.8) is 0 Å². The standard InChI is InChI=1S/Mg.2H2O.Sr/h;2*1H2;/q+2;;;+2/p-2. The summed E-state index contributed by atoms with van der Waals surface area (Å²) in [7, 11) is 0. The van der Waals surface area contributed by atoms with Gasteiger partial charge in [-0.05, 0) is 0 Å². The smallest absolute Gasteiger partial charge is 0.870 e. The quantitative estimate of drug-likeness (QED) is 0.406. The zero-order valence-electron chi connectivity index (χ0n) is 2.31. The molecule has 2 N–H and O–H groups in total. The Balaban J connectivity index is 0. The summed E-state index contributed by atoms with van der Waals surface area (Å²) in [6.45, 7) is 0. The molecule has 0 aliphatic heterocycles. The Morgan fingerprint density at radius 1 is 0.750 bits per heavy atom. The Morgan fingerprint density at radius 2 is 0.750 bits per heavy atom. The molecule has 0 aromatic heterocycles. The van der Waals surface area contributed by atoms with E-state index in [0.717, 1.165) is 0 Å². The van der Waals surface area contributed by atoms with Crippen molar-refractivity contribution in [2.45, 2.75) is 0 Å². The van der Waals surface area contributed by atoms with Gasteiger partial charge in [0.1, 0.15) is 0 Å². The molecule has 0 rings (SSSR count). The van der Waals surface area contributed by atoms with Crippen LogP contribution in [0.1, 0.15) is 0 Å². The summed E-state index contributed by atoms with van der Waals surface area (Å²) >= 11 is 0. The average Bonchev–Trinajstić information content (AvgIpc) is 0. The molecule has 0 saturated heterocycles. The molecule has 0 aliphatic carbocycles. The Morgan fingerprint density at radius 3 is 0.750 bits per heavy atom. The van der Waals surface area contributed by atoms with Crippen molar-refractivity contribution < 1.29 is 11.0 Å². The van der Waals surface area contributed by atoms with Crippen molar-refractivity contribution in [3.05, 3.63) is 0 Å². The van der Waals surface area contributed by atoms with Crippen molar-refractivity contribution in [1.82, 2.24) is 0 Å². The van der Waals surface area contributed by atoms with E-state index in [1.165, 1.54) is 0 Å². The second-order valence-electron chi connectivity index (χ2n) is 0. The molecule has 0 aliphatic rings. The van der Waals surface area contributed by atoms with Gasteiger partial charge in [-0.1, -0.05) is 0 Å². The predicted molar refractivity (Wildman–Crippen MR) is 15.4 cm³/mol. The van der Waals surface area contributed by atoms with E-state index >= 15 is 0 Å². The number of hydrogen-bond acceptors (Lipinski definition) is 2. The van der Waals surface area contributed by atoms with E-state index in [-0.39, 0.29) is 79.5 Å². The minimum absolute atomic E-state index is 0. The Kier molecular flexibility index (Phi) is 167. The fraction of sp³-hybridized carbons (Fsp3) is 0. The van der Waals surface area contributed by atoms with Crippen LogP contribution in [0.4, 0.5) is 0 Å². The summed E-state index contributed by atoms with van der Waals surface area (Å²) in [5.74, 6) is 0. The number of hydrogen-bond donors (Lipinski definition) is 0. The topological polar surface area (TPSA) is 60.0 Å². The number of rotatable bonds is 0. The molecule has 0 radical (unpaired) electrons. The molecule has 0 saturated carbocycles. The van der Waals surface area contributed by atoms with Crippen LogP contribution in [-0.2, 0) is 0 Å². The summed E-state index contributed by atoms with van der Waals surface area (Å²) in [5, 5.41) is 0. The second-order valence-corrected chi connectivity index (χ2v) is 0. The van der Waals surface area contributed by atoms with Crippen molar-refractivity contribution in [3.8, 4) is 0 Å². The minimum Gasteiger partial charge on any atom is -0.870 e. The zero-order chi connectivity index (χ0) is 0. The fourth-order valence-electron chi connectivity index (χ4n) is 0. The van der Waals surface area contributed by atoms with Crippen molar-refractivity contribution in [2.24, 2.45) is 0 Å². The van der Waals surface area contributed by atoms with Crippen molar-refractivity contribution in [1.29, 1.82) is 0 Å². The van der Waals surface area contributed by atoms with E-state index in [2.05, 4.69) is 0 Å². The van der Waals surface area contributed by atoms with Gasteiger partial charge in [0.15, 0.2) is 0 Å². The molecule has 2 nitrogen and oxygen atoms in total. The second kappa shape index (κ2) is 19.1. The predicted octanol–water partition coefficient (Wildman–Crippen LogP) is -1.12. The van der Waals surface area contributed by atoms with Crippen LogP contribution < -0.4 is 0 Å². The molecule has 0 atom stereocenters. The molecule has 0 fully saturated rings. The summed E-state index contributed by atoms with van der Waals surface area (Å²) in [4.78, 5) is 0. The first-order chi connectivity index (χ1) is 0. The van der Waals surface area contributed by atoms with Crippen LogP contribution in [0.25, 0.3) is 0 Å². The monoisotopic (exact) mass is 146 g/mol. The normalized spacial score (nSPS) is 0. The molecule has 0 spiro atoms. The zero-order valence-corrected chi connectivity index (χ0v) is 7.20. The fourth-order valence-corrected chi connectivity index (χ4v) is 0. The summed E-state index contributed by atoms with van der Waals surface area (Å²) in [5.41, 5.74) is 0. The van der Waals surface area contributed by atoms with Crippen LogP contribution >= 0.6 is 0 Å². The minimum atomic E-state index is 0. The maximum absolute atomic E-state index is 0. The summed E-state index contributed by atoms with van der Waals surface area (Å²) in [6.07, 6.45) is 0. The van der Waals surface area contributed by atoms with E-state index < -0.39 is 0 Å². The van der Waals surface area contributed by atoms with Gasteiger partial charge in [-0.3, -0.25) is 0 Å². The molecular weight excluding hydrogens is 144 g/mol. The molecule has 4 heavy (non-hydrogen) atoms. The van der Waals surface area contributed by atoms with Crippen LogP contribution in [0.2, 0.25) is 0 Å². The largest absolute Gasteiger partial charge is 2.00 e. The third-order valence-corrected chi connectivity index (χ3v) is 0. The van der Waals surface area contributed by atoms with Gasteiger partial charge in [0.05, 0.1) is 0 Å². The van der Waals surface area contributed by atoms with Crippen LogP contribution in [0.3, 0.4) is 0 Å². The summed E-state index contributed by atoms with van der Waals surface area (Å²) < 4.78 is 0. The SMILES string of the molecule is [Mg+2].[OH-].[OH-].[Sr+2]. The average molecular weight is 146 g/mol. The van der Waals surface area contributed by atoms with Crippen molar-refractivity contribution in [2.75, 3.05) is 0 Å². The first-order valence-electron chi connectivity index (χ1n) is 0. The van der Waals surface area contributed by atoms with Crippen LogP contribution in [0, 0.1) is 0 Å². The van der Waals surface area contributed by atoms with Gasteiger partial charge in [0.2, 0.25) is 0 Å². The van der Waals surface area contributed by atoms with Crippen LogP contribution in [0.5, 0.6) is 0 Å². The molecule has 0 aromatic rings. The molecule has 0 aromatic carbocycles. The summed E-state index contributed by atoms with van der Waals surface area (Å²) in [6, 6.07) is 0. The van der Waals surface area contributed by atoms with Gasteiger partial charge in [0, 0.05) is 0 Å². The molecule has 0 amide bonds. The molecule has 0 heterocycles. The Labute approximate surface area is 78.0 Å². The van der Waals surface area contributed by atoms with Gasteiger partial charge in [-0.25, -0.2) is 0 Å². The van der Waals surface area contributed by atoms with E-state index in [4.69, 9.17) is 0 Å². The molecular formula is H2MgO2Sr+2. The van der Waals surface area contributed by atoms with Crippen LogP contribution in [-0.4, -0.2) is 79.5 Å². The first kappa shape index (κ1) is 35.1.